The summed E-state index contributed by atoms with van der Waals surface area (Å²) in [6.45, 7) is 7.92. The molecule has 0 aromatic rings. The van der Waals surface area contributed by atoms with Crippen LogP contribution in [0.4, 0.5) is 9.18 Å². The Morgan fingerprint density at radius 1 is 1.45 bits per heavy atom. The molecule has 2 heterocycles. The zero-order valence-corrected chi connectivity index (χ0v) is 13.6. The van der Waals surface area contributed by atoms with Gasteiger partial charge in [0.1, 0.15) is 5.78 Å². The smallest absolute Gasteiger partial charge is 0.351 e. The van der Waals surface area contributed by atoms with Crippen LogP contribution < -0.4 is 5.32 Å². The van der Waals surface area contributed by atoms with Crippen molar-refractivity contribution in [2.45, 2.75) is 52.1 Å². The van der Waals surface area contributed by atoms with Gasteiger partial charge in [-0.3, -0.25) is 9.79 Å². The van der Waals surface area contributed by atoms with Crippen LogP contribution in [0.25, 0.3) is 0 Å². The van der Waals surface area contributed by atoms with Crippen LogP contribution in [0.1, 0.15) is 40.5 Å². The van der Waals surface area contributed by atoms with E-state index in [4.69, 9.17) is 4.84 Å². The van der Waals surface area contributed by atoms with Gasteiger partial charge in [-0.2, -0.15) is 4.39 Å². The highest BCUT2D eigenvalue weighted by Gasteiger charge is 2.42. The van der Waals surface area contributed by atoms with Crippen LogP contribution in [0, 0.1) is 11.8 Å². The third-order valence-corrected chi connectivity index (χ3v) is 4.12. The molecule has 1 saturated heterocycles. The molecule has 0 spiro atoms. The second-order valence-electron chi connectivity index (χ2n) is 7.05. The number of ketones is 1. The largest absolute Gasteiger partial charge is 0.426 e. The molecule has 1 amide bonds. The summed E-state index contributed by atoms with van der Waals surface area (Å²) in [4.78, 5) is 33.3. The molecule has 0 aliphatic carbocycles. The third kappa shape index (κ3) is 4.03. The van der Waals surface area contributed by atoms with Crippen LogP contribution in [0.3, 0.4) is 0 Å². The molecule has 22 heavy (non-hydrogen) atoms. The normalized spacial score (nSPS) is 30.1. The van der Waals surface area contributed by atoms with E-state index in [1.54, 1.807) is 0 Å². The lowest BCUT2D eigenvalue weighted by Crippen LogP contribution is -2.50. The predicted octanol–water partition coefficient (Wildman–Crippen LogP) is 2.09. The zero-order chi connectivity index (χ0) is 16.5. The average molecular weight is 313 g/mol. The van der Waals surface area contributed by atoms with Gasteiger partial charge < -0.3 is 10.2 Å². The van der Waals surface area contributed by atoms with E-state index in [0.29, 0.717) is 6.42 Å². The molecule has 1 N–H and O–H groups in total. The second kappa shape index (κ2) is 6.32. The van der Waals surface area contributed by atoms with Crippen molar-refractivity contribution in [2.24, 2.45) is 16.8 Å². The minimum Gasteiger partial charge on any atom is -0.351 e. The van der Waals surface area contributed by atoms with Crippen LogP contribution in [-0.2, 0) is 9.63 Å². The molecule has 7 heteroatoms. The summed E-state index contributed by atoms with van der Waals surface area (Å²) in [5.41, 5.74) is -0.426. The Balaban J connectivity index is 2.13. The molecule has 2 aliphatic heterocycles. The second-order valence-corrected chi connectivity index (χ2v) is 7.05. The number of fused-ring (bicyclic) bond motifs is 1. The van der Waals surface area contributed by atoms with Crippen molar-refractivity contribution in [3.8, 4) is 0 Å². The molecular formula is C15H24FN3O3. The summed E-state index contributed by atoms with van der Waals surface area (Å²) in [5, 5.41) is 4.16. The fraction of sp³-hybridized carbons (Fsp3) is 0.800. The van der Waals surface area contributed by atoms with E-state index in [1.165, 1.54) is 5.06 Å². The number of carbonyl (C=O) groups excluding carboxylic acids is 2. The standard InChI is InChI=1S/C15H24FN3O3/c1-9-10-8-17-13(16)7-11(10)19(6-5-12(9)20)22-14(21)18-15(2,3)4/h9-11H,5-8H2,1-4H3,(H,18,21). The van der Waals surface area contributed by atoms with Crippen molar-refractivity contribution >= 4 is 17.8 Å². The summed E-state index contributed by atoms with van der Waals surface area (Å²) >= 11 is 0. The number of rotatable bonds is 1. The number of hydroxylamine groups is 2. The summed E-state index contributed by atoms with van der Waals surface area (Å²) in [6.07, 6.45) is -0.222. The number of hydrogen-bond donors (Lipinski definition) is 1. The summed E-state index contributed by atoms with van der Waals surface area (Å²) in [5.74, 6) is -0.680. The van der Waals surface area contributed by atoms with Crippen LogP contribution in [0.2, 0.25) is 0 Å². The SMILES string of the molecule is CC1C(=O)CCN(OC(=O)NC(C)(C)C)C2CC(F)=NCC12. The Morgan fingerprint density at radius 3 is 2.77 bits per heavy atom. The van der Waals surface area contributed by atoms with Crippen LogP contribution in [0.15, 0.2) is 4.99 Å². The predicted molar refractivity (Wildman–Crippen MR) is 80.2 cm³/mol. The molecule has 0 radical (unpaired) electrons. The van der Waals surface area contributed by atoms with Gasteiger partial charge in [-0.15, -0.1) is 5.06 Å². The number of carbonyl (C=O) groups is 2. The van der Waals surface area contributed by atoms with E-state index >= 15 is 0 Å². The molecule has 3 atom stereocenters. The van der Waals surface area contributed by atoms with Crippen molar-refractivity contribution in [1.29, 1.82) is 0 Å². The number of aliphatic imine (C=N–C) groups is 1. The van der Waals surface area contributed by atoms with Gasteiger partial charge in [0.15, 0.2) is 5.97 Å². The minimum absolute atomic E-state index is 0.0745. The number of halogens is 1. The maximum Gasteiger partial charge on any atom is 0.426 e. The first kappa shape index (κ1) is 16.9. The fourth-order valence-electron chi connectivity index (χ4n) is 2.92. The van der Waals surface area contributed by atoms with Gasteiger partial charge in [0.05, 0.1) is 6.04 Å². The molecular weight excluding hydrogens is 289 g/mol. The Kier molecular flexibility index (Phi) is 4.84. The van der Waals surface area contributed by atoms with Crippen LogP contribution in [0.5, 0.6) is 0 Å². The van der Waals surface area contributed by atoms with Gasteiger partial charge in [-0.25, -0.2) is 4.79 Å². The van der Waals surface area contributed by atoms with Crippen LogP contribution >= 0.6 is 0 Å². The molecule has 2 rings (SSSR count). The first-order valence-corrected chi connectivity index (χ1v) is 7.65. The van der Waals surface area contributed by atoms with Gasteiger partial charge >= 0.3 is 6.09 Å². The summed E-state index contributed by atoms with van der Waals surface area (Å²) < 4.78 is 13.6. The average Bonchev–Trinajstić information content (AvgIpc) is 2.49. The Hall–Kier alpha value is -1.50. The van der Waals surface area contributed by atoms with Crippen LogP contribution in [-0.4, -0.2) is 47.6 Å². The first-order chi connectivity index (χ1) is 10.2. The molecule has 0 saturated carbocycles. The number of nitrogens with zero attached hydrogens (tertiary/aromatic N) is 2. The van der Waals surface area contributed by atoms with E-state index in [2.05, 4.69) is 10.3 Å². The molecule has 6 nitrogen and oxygen atoms in total. The highest BCUT2D eigenvalue weighted by Crippen LogP contribution is 2.32. The van der Waals surface area contributed by atoms with E-state index in [-0.39, 0.29) is 43.2 Å². The molecule has 0 aromatic carbocycles. The van der Waals surface area contributed by atoms with E-state index in [9.17, 15) is 14.0 Å². The van der Waals surface area contributed by atoms with Crippen molar-refractivity contribution in [3.05, 3.63) is 0 Å². The minimum atomic E-state index is -0.587. The Labute approximate surface area is 130 Å². The number of nitrogens with one attached hydrogen (secondary N) is 1. The summed E-state index contributed by atoms with van der Waals surface area (Å²) in [7, 11) is 0. The van der Waals surface area contributed by atoms with Gasteiger partial charge in [-0.1, -0.05) is 6.92 Å². The number of amides is 1. The third-order valence-electron chi connectivity index (χ3n) is 4.12. The van der Waals surface area contributed by atoms with Gasteiger partial charge in [0, 0.05) is 43.3 Å². The Bertz CT molecular complexity index is 487. The quantitative estimate of drug-likeness (QED) is 0.804. The van der Waals surface area contributed by atoms with Gasteiger partial charge in [0.2, 0.25) is 0 Å². The monoisotopic (exact) mass is 313 g/mol. The number of Topliss-reactive ketones (excluding diaryl/α,β-unsaturated/α-hetero) is 1. The molecule has 0 aromatic heterocycles. The van der Waals surface area contributed by atoms with Gasteiger partial charge in [0.25, 0.3) is 0 Å². The lowest BCUT2D eigenvalue weighted by atomic mass is 9.82. The fourth-order valence-corrected chi connectivity index (χ4v) is 2.92. The highest BCUT2D eigenvalue weighted by atomic mass is 19.1. The van der Waals surface area contributed by atoms with Crippen molar-refractivity contribution in [3.63, 3.8) is 0 Å². The summed E-state index contributed by atoms with van der Waals surface area (Å²) in [6, 6.07) is -0.343. The highest BCUT2D eigenvalue weighted by molar-refractivity contribution is 5.82. The van der Waals surface area contributed by atoms with Crippen molar-refractivity contribution < 1.29 is 18.8 Å². The molecule has 0 bridgehead atoms. The number of hydrogen-bond acceptors (Lipinski definition) is 5. The van der Waals surface area contributed by atoms with Gasteiger partial charge in [-0.05, 0) is 20.8 Å². The molecule has 3 unspecified atom stereocenters. The van der Waals surface area contributed by atoms with Crippen molar-refractivity contribution in [1.82, 2.24) is 10.4 Å². The van der Waals surface area contributed by atoms with E-state index in [1.807, 2.05) is 27.7 Å². The zero-order valence-electron chi connectivity index (χ0n) is 13.6. The topological polar surface area (TPSA) is 71.0 Å². The maximum absolute atomic E-state index is 13.6. The van der Waals surface area contributed by atoms with E-state index in [0.717, 1.165) is 0 Å². The van der Waals surface area contributed by atoms with E-state index < -0.39 is 17.6 Å². The Morgan fingerprint density at radius 2 is 2.14 bits per heavy atom. The van der Waals surface area contributed by atoms with Crippen molar-refractivity contribution in [2.75, 3.05) is 13.1 Å². The lowest BCUT2D eigenvalue weighted by Gasteiger charge is -2.36. The molecule has 2 aliphatic rings. The molecule has 1 fully saturated rings. The first-order valence-electron chi connectivity index (χ1n) is 7.65. The lowest BCUT2D eigenvalue weighted by molar-refractivity contribution is -0.142. The maximum atomic E-state index is 13.6. The molecule has 124 valence electrons.